The standard InChI is InChI=1S/C19H26N4O4.ClH/c1-25-15-5-4-14(17(26-2)18(15)27-3)12-23-16(8-11-21-23)22-19(24)13-6-9-20-10-7-13;/h4-5,8,11,13,20H,6-7,9-10,12H2,1-3H3,(H,22,24);1H. The number of nitrogens with one attached hydrogen (secondary N) is 2. The van der Waals surface area contributed by atoms with Crippen molar-refractivity contribution in [2.45, 2.75) is 19.4 Å². The molecule has 8 nitrogen and oxygen atoms in total. The number of hydrogen-bond acceptors (Lipinski definition) is 6. The molecule has 154 valence electrons. The van der Waals surface area contributed by atoms with Crippen molar-refractivity contribution in [3.8, 4) is 17.2 Å². The summed E-state index contributed by atoms with van der Waals surface area (Å²) in [5.41, 5.74) is 0.871. The topological polar surface area (TPSA) is 86.6 Å². The average molecular weight is 411 g/mol. The molecule has 1 fully saturated rings. The number of amides is 1. The first kappa shape index (κ1) is 21.8. The fourth-order valence-corrected chi connectivity index (χ4v) is 3.33. The van der Waals surface area contributed by atoms with Crippen LogP contribution in [0.3, 0.4) is 0 Å². The second-order valence-electron chi connectivity index (χ2n) is 6.38. The Hall–Kier alpha value is -2.45. The van der Waals surface area contributed by atoms with Crippen LogP contribution in [-0.4, -0.2) is 50.1 Å². The highest BCUT2D eigenvalue weighted by Gasteiger charge is 2.22. The summed E-state index contributed by atoms with van der Waals surface area (Å²) in [6, 6.07) is 5.53. The number of anilines is 1. The molecule has 3 rings (SSSR count). The van der Waals surface area contributed by atoms with E-state index in [0.29, 0.717) is 29.6 Å². The van der Waals surface area contributed by atoms with Crippen LogP contribution in [0.2, 0.25) is 0 Å². The van der Waals surface area contributed by atoms with E-state index in [1.807, 2.05) is 12.1 Å². The van der Waals surface area contributed by atoms with Gasteiger partial charge in [0.15, 0.2) is 11.5 Å². The van der Waals surface area contributed by atoms with Gasteiger partial charge in [-0.1, -0.05) is 0 Å². The molecule has 1 saturated heterocycles. The lowest BCUT2D eigenvalue weighted by molar-refractivity contribution is -0.120. The zero-order valence-corrected chi connectivity index (χ0v) is 17.2. The van der Waals surface area contributed by atoms with Crippen LogP contribution in [0.25, 0.3) is 0 Å². The van der Waals surface area contributed by atoms with E-state index in [1.54, 1.807) is 38.3 Å². The molecule has 28 heavy (non-hydrogen) atoms. The van der Waals surface area contributed by atoms with Gasteiger partial charge in [0.1, 0.15) is 5.82 Å². The fraction of sp³-hybridized carbons (Fsp3) is 0.474. The minimum atomic E-state index is 0. The summed E-state index contributed by atoms with van der Waals surface area (Å²) in [6.07, 6.45) is 3.37. The highest BCUT2D eigenvalue weighted by atomic mass is 35.5. The molecule has 0 bridgehead atoms. The maximum absolute atomic E-state index is 12.5. The molecule has 0 saturated carbocycles. The number of nitrogens with zero attached hydrogens (tertiary/aromatic N) is 2. The molecule has 2 N–H and O–H groups in total. The Kier molecular flexibility index (Phi) is 7.95. The molecule has 1 amide bonds. The van der Waals surface area contributed by atoms with Gasteiger partial charge in [-0.3, -0.25) is 4.79 Å². The number of hydrogen-bond donors (Lipinski definition) is 2. The Morgan fingerprint density at radius 3 is 2.50 bits per heavy atom. The van der Waals surface area contributed by atoms with Crippen molar-refractivity contribution in [2.75, 3.05) is 39.7 Å². The number of carbonyl (C=O) groups is 1. The number of ether oxygens (including phenoxy) is 3. The Morgan fingerprint density at radius 1 is 1.14 bits per heavy atom. The first-order valence-corrected chi connectivity index (χ1v) is 8.99. The molecule has 1 aliphatic heterocycles. The molecular formula is C19H27ClN4O4. The van der Waals surface area contributed by atoms with Crippen molar-refractivity contribution in [2.24, 2.45) is 5.92 Å². The smallest absolute Gasteiger partial charge is 0.228 e. The third kappa shape index (κ3) is 4.69. The third-order valence-electron chi connectivity index (χ3n) is 4.78. The molecule has 1 aromatic carbocycles. The first-order valence-electron chi connectivity index (χ1n) is 8.99. The summed E-state index contributed by atoms with van der Waals surface area (Å²) < 4.78 is 18.0. The summed E-state index contributed by atoms with van der Waals surface area (Å²) in [5, 5.41) is 10.6. The van der Waals surface area contributed by atoms with Crippen molar-refractivity contribution < 1.29 is 19.0 Å². The van der Waals surface area contributed by atoms with Gasteiger partial charge in [-0.2, -0.15) is 5.10 Å². The normalized spacial score (nSPS) is 14.1. The molecule has 2 aromatic rings. The van der Waals surface area contributed by atoms with Crippen LogP contribution in [0.4, 0.5) is 5.82 Å². The van der Waals surface area contributed by atoms with Crippen LogP contribution < -0.4 is 24.8 Å². The number of methoxy groups -OCH3 is 3. The lowest BCUT2D eigenvalue weighted by atomic mass is 9.97. The number of aromatic nitrogens is 2. The maximum atomic E-state index is 12.5. The molecule has 0 aliphatic carbocycles. The molecule has 1 aromatic heterocycles. The van der Waals surface area contributed by atoms with Crippen LogP contribution in [0.1, 0.15) is 18.4 Å². The Bertz CT molecular complexity index is 790. The largest absolute Gasteiger partial charge is 0.493 e. The van der Waals surface area contributed by atoms with Gasteiger partial charge in [-0.15, -0.1) is 12.4 Å². The number of halogens is 1. The van der Waals surface area contributed by atoms with Crippen molar-refractivity contribution in [3.63, 3.8) is 0 Å². The Morgan fingerprint density at radius 2 is 1.86 bits per heavy atom. The van der Waals surface area contributed by atoms with E-state index < -0.39 is 0 Å². The predicted octanol–water partition coefficient (Wildman–Crippen LogP) is 2.32. The van der Waals surface area contributed by atoms with Gasteiger partial charge < -0.3 is 24.8 Å². The van der Waals surface area contributed by atoms with Crippen LogP contribution in [0.5, 0.6) is 17.2 Å². The van der Waals surface area contributed by atoms with Gasteiger partial charge in [0.2, 0.25) is 11.7 Å². The van der Waals surface area contributed by atoms with Gasteiger partial charge in [0.25, 0.3) is 0 Å². The van der Waals surface area contributed by atoms with Gasteiger partial charge in [0.05, 0.1) is 34.1 Å². The lowest BCUT2D eigenvalue weighted by Crippen LogP contribution is -2.35. The highest BCUT2D eigenvalue weighted by molar-refractivity contribution is 5.91. The second-order valence-corrected chi connectivity index (χ2v) is 6.38. The molecule has 0 spiro atoms. The molecular weight excluding hydrogens is 384 g/mol. The van der Waals surface area contributed by atoms with Crippen LogP contribution in [-0.2, 0) is 11.3 Å². The summed E-state index contributed by atoms with van der Waals surface area (Å²) in [4.78, 5) is 12.5. The van der Waals surface area contributed by atoms with Crippen LogP contribution in [0, 0.1) is 5.92 Å². The predicted molar refractivity (Wildman–Crippen MR) is 109 cm³/mol. The van der Waals surface area contributed by atoms with E-state index in [-0.39, 0.29) is 24.2 Å². The molecule has 0 unspecified atom stereocenters. The van der Waals surface area contributed by atoms with Gasteiger partial charge in [-0.05, 0) is 38.1 Å². The molecule has 0 atom stereocenters. The highest BCUT2D eigenvalue weighted by Crippen LogP contribution is 2.40. The summed E-state index contributed by atoms with van der Waals surface area (Å²) >= 11 is 0. The average Bonchev–Trinajstić information content (AvgIpc) is 3.14. The zero-order valence-electron chi connectivity index (χ0n) is 16.4. The van der Waals surface area contributed by atoms with E-state index >= 15 is 0 Å². The second kappa shape index (κ2) is 10.2. The van der Waals surface area contributed by atoms with Gasteiger partial charge >= 0.3 is 0 Å². The minimum absolute atomic E-state index is 0. The number of piperidine rings is 1. The van der Waals surface area contributed by atoms with Crippen LogP contribution >= 0.6 is 12.4 Å². The van der Waals surface area contributed by atoms with Crippen molar-refractivity contribution in [1.29, 1.82) is 0 Å². The van der Waals surface area contributed by atoms with Gasteiger partial charge in [0, 0.05) is 17.5 Å². The number of rotatable bonds is 7. The van der Waals surface area contributed by atoms with E-state index in [0.717, 1.165) is 31.5 Å². The zero-order chi connectivity index (χ0) is 19.2. The van der Waals surface area contributed by atoms with E-state index in [9.17, 15) is 4.79 Å². The Balaban J connectivity index is 0.00000280. The summed E-state index contributed by atoms with van der Waals surface area (Å²) in [5.74, 6) is 2.45. The van der Waals surface area contributed by atoms with Crippen molar-refractivity contribution in [3.05, 3.63) is 30.0 Å². The maximum Gasteiger partial charge on any atom is 0.228 e. The summed E-state index contributed by atoms with van der Waals surface area (Å²) in [6.45, 7) is 2.18. The molecule has 2 heterocycles. The number of benzene rings is 1. The quantitative estimate of drug-likeness (QED) is 0.728. The fourth-order valence-electron chi connectivity index (χ4n) is 3.33. The van der Waals surface area contributed by atoms with E-state index in [1.165, 1.54) is 0 Å². The third-order valence-corrected chi connectivity index (χ3v) is 4.78. The number of carbonyl (C=O) groups excluding carboxylic acids is 1. The molecule has 9 heteroatoms. The Labute approximate surface area is 170 Å². The molecule has 1 aliphatic rings. The SMILES string of the molecule is COc1ccc(Cn2nccc2NC(=O)C2CCNCC2)c(OC)c1OC.Cl. The first-order chi connectivity index (χ1) is 13.2. The minimum Gasteiger partial charge on any atom is -0.493 e. The monoisotopic (exact) mass is 410 g/mol. The van der Waals surface area contributed by atoms with E-state index in [4.69, 9.17) is 14.2 Å². The van der Waals surface area contributed by atoms with E-state index in [2.05, 4.69) is 15.7 Å². The van der Waals surface area contributed by atoms with Crippen LogP contribution in [0.15, 0.2) is 24.4 Å². The summed E-state index contributed by atoms with van der Waals surface area (Å²) in [7, 11) is 4.74. The lowest BCUT2D eigenvalue weighted by Gasteiger charge is -2.22. The molecule has 0 radical (unpaired) electrons. The van der Waals surface area contributed by atoms with Crippen molar-refractivity contribution >= 4 is 24.1 Å². The van der Waals surface area contributed by atoms with Crippen molar-refractivity contribution in [1.82, 2.24) is 15.1 Å². The van der Waals surface area contributed by atoms with Gasteiger partial charge in [-0.25, -0.2) is 4.68 Å².